The van der Waals surface area contributed by atoms with Gasteiger partial charge in [0, 0.05) is 30.6 Å². The number of aldehydes is 1. The molecule has 0 fully saturated rings. The van der Waals surface area contributed by atoms with Crippen molar-refractivity contribution in [2.45, 2.75) is 6.92 Å². The number of carbonyl (C=O) groups is 2. The monoisotopic (exact) mass is 266 g/mol. The topological polar surface area (TPSA) is 59.1 Å². The lowest BCUT2D eigenvalue weighted by molar-refractivity contribution is -0.114. The van der Waals surface area contributed by atoms with Crippen LogP contribution in [0.5, 0.6) is 0 Å². The van der Waals surface area contributed by atoms with Crippen molar-refractivity contribution in [1.82, 2.24) is 4.98 Å². The molecule has 100 valence electrons. The van der Waals surface area contributed by atoms with Crippen molar-refractivity contribution in [2.24, 2.45) is 0 Å². The molecule has 0 radical (unpaired) electrons. The summed E-state index contributed by atoms with van der Waals surface area (Å²) in [5.41, 5.74) is 2.98. The minimum absolute atomic E-state index is 0.145. The number of anilines is 1. The first-order chi connectivity index (χ1) is 9.69. The number of benzene rings is 1. The summed E-state index contributed by atoms with van der Waals surface area (Å²) < 4.78 is 0. The number of hydrogen-bond donors (Lipinski definition) is 1. The first-order valence-corrected chi connectivity index (χ1v) is 6.14. The fourth-order valence-electron chi connectivity index (χ4n) is 1.77. The molecule has 1 aromatic carbocycles. The quantitative estimate of drug-likeness (QED) is 0.865. The Labute approximate surface area is 117 Å². The molecule has 0 aliphatic rings. The largest absolute Gasteiger partial charge is 0.326 e. The summed E-state index contributed by atoms with van der Waals surface area (Å²) in [6.45, 7) is 1.44. The van der Waals surface area contributed by atoms with Crippen molar-refractivity contribution in [3.05, 3.63) is 59.4 Å². The molecule has 0 atom stereocenters. The van der Waals surface area contributed by atoms with E-state index in [-0.39, 0.29) is 5.91 Å². The highest BCUT2D eigenvalue weighted by Gasteiger charge is 2.02. The van der Waals surface area contributed by atoms with Crippen LogP contribution < -0.4 is 5.32 Å². The molecule has 1 aromatic heterocycles. The van der Waals surface area contributed by atoms with E-state index >= 15 is 0 Å². The Morgan fingerprint density at radius 1 is 1.10 bits per heavy atom. The summed E-state index contributed by atoms with van der Waals surface area (Å²) in [6.07, 6.45) is 7.93. The van der Waals surface area contributed by atoms with E-state index in [0.717, 1.165) is 17.4 Å². The van der Waals surface area contributed by atoms with Crippen LogP contribution in [-0.2, 0) is 4.79 Å². The Morgan fingerprint density at radius 2 is 1.85 bits per heavy atom. The Hall–Kier alpha value is -2.75. The first-order valence-electron chi connectivity index (χ1n) is 6.14. The van der Waals surface area contributed by atoms with E-state index in [4.69, 9.17) is 0 Å². The number of amides is 1. The average Bonchev–Trinajstić information content (AvgIpc) is 2.46. The lowest BCUT2D eigenvalue weighted by atomic mass is 10.1. The molecule has 2 aromatic rings. The minimum Gasteiger partial charge on any atom is -0.326 e. The SMILES string of the molecule is CC(=O)Nc1ccc(C=O)c(/C=C/c2ccncc2)c1. The highest BCUT2D eigenvalue weighted by molar-refractivity contribution is 5.91. The molecule has 0 spiro atoms. The van der Waals surface area contributed by atoms with Crippen LogP contribution in [0.15, 0.2) is 42.7 Å². The maximum atomic E-state index is 11.1. The van der Waals surface area contributed by atoms with Gasteiger partial charge in [0.15, 0.2) is 6.29 Å². The van der Waals surface area contributed by atoms with Crippen molar-refractivity contribution in [2.75, 3.05) is 5.32 Å². The summed E-state index contributed by atoms with van der Waals surface area (Å²) in [5, 5.41) is 2.70. The molecule has 1 amide bonds. The van der Waals surface area contributed by atoms with Gasteiger partial charge < -0.3 is 5.32 Å². The van der Waals surface area contributed by atoms with E-state index in [0.29, 0.717) is 11.3 Å². The van der Waals surface area contributed by atoms with E-state index in [1.54, 1.807) is 30.6 Å². The zero-order chi connectivity index (χ0) is 14.4. The van der Waals surface area contributed by atoms with E-state index in [2.05, 4.69) is 10.3 Å². The van der Waals surface area contributed by atoms with Crippen LogP contribution in [0.1, 0.15) is 28.4 Å². The highest BCUT2D eigenvalue weighted by atomic mass is 16.1. The number of pyridine rings is 1. The molecular weight excluding hydrogens is 252 g/mol. The van der Waals surface area contributed by atoms with Gasteiger partial charge in [-0.05, 0) is 41.5 Å². The first kappa shape index (κ1) is 13.7. The number of nitrogens with one attached hydrogen (secondary N) is 1. The molecule has 0 unspecified atom stereocenters. The van der Waals surface area contributed by atoms with Crippen LogP contribution in [0.3, 0.4) is 0 Å². The van der Waals surface area contributed by atoms with Gasteiger partial charge in [0.2, 0.25) is 5.91 Å². The zero-order valence-electron chi connectivity index (χ0n) is 11.0. The maximum Gasteiger partial charge on any atom is 0.221 e. The van der Waals surface area contributed by atoms with Gasteiger partial charge in [-0.25, -0.2) is 0 Å². The number of carbonyl (C=O) groups excluding carboxylic acids is 2. The zero-order valence-corrected chi connectivity index (χ0v) is 11.0. The van der Waals surface area contributed by atoms with Crippen molar-refractivity contribution >= 4 is 30.0 Å². The van der Waals surface area contributed by atoms with Gasteiger partial charge in [-0.1, -0.05) is 12.2 Å². The summed E-state index contributed by atoms with van der Waals surface area (Å²) in [6, 6.07) is 8.89. The Bertz CT molecular complexity index is 649. The van der Waals surface area contributed by atoms with E-state index < -0.39 is 0 Å². The van der Waals surface area contributed by atoms with Gasteiger partial charge in [0.05, 0.1) is 0 Å². The summed E-state index contributed by atoms with van der Waals surface area (Å²) in [4.78, 5) is 26.0. The van der Waals surface area contributed by atoms with E-state index in [1.165, 1.54) is 6.92 Å². The smallest absolute Gasteiger partial charge is 0.221 e. The van der Waals surface area contributed by atoms with Crippen LogP contribution in [0.2, 0.25) is 0 Å². The molecule has 0 saturated heterocycles. The van der Waals surface area contributed by atoms with Gasteiger partial charge in [-0.15, -0.1) is 0 Å². The third-order valence-corrected chi connectivity index (χ3v) is 2.70. The molecule has 4 nitrogen and oxygen atoms in total. The third kappa shape index (κ3) is 3.62. The van der Waals surface area contributed by atoms with E-state index in [1.807, 2.05) is 24.3 Å². The molecule has 0 aliphatic heterocycles. The van der Waals surface area contributed by atoms with Crippen molar-refractivity contribution in [1.29, 1.82) is 0 Å². The normalized spacial score (nSPS) is 10.4. The molecule has 0 saturated carbocycles. The predicted molar refractivity (Wildman–Crippen MR) is 79.3 cm³/mol. The van der Waals surface area contributed by atoms with Gasteiger partial charge in [0.1, 0.15) is 0 Å². The third-order valence-electron chi connectivity index (χ3n) is 2.70. The minimum atomic E-state index is -0.145. The molecule has 0 aliphatic carbocycles. The molecule has 4 heteroatoms. The fraction of sp³-hybridized carbons (Fsp3) is 0.0625. The molecule has 1 heterocycles. The maximum absolute atomic E-state index is 11.1. The summed E-state index contributed by atoms with van der Waals surface area (Å²) in [7, 11) is 0. The average molecular weight is 266 g/mol. The fourth-order valence-corrected chi connectivity index (χ4v) is 1.77. The molecule has 1 N–H and O–H groups in total. The summed E-state index contributed by atoms with van der Waals surface area (Å²) in [5.74, 6) is -0.145. The predicted octanol–water partition coefficient (Wildman–Crippen LogP) is 3.02. The van der Waals surface area contributed by atoms with Crippen LogP contribution in [0.25, 0.3) is 12.2 Å². The van der Waals surface area contributed by atoms with Gasteiger partial charge in [0.25, 0.3) is 0 Å². The highest BCUT2D eigenvalue weighted by Crippen LogP contribution is 2.17. The molecule has 20 heavy (non-hydrogen) atoms. The number of aromatic nitrogens is 1. The van der Waals surface area contributed by atoms with Gasteiger partial charge in [-0.2, -0.15) is 0 Å². The van der Waals surface area contributed by atoms with Crippen LogP contribution in [0.4, 0.5) is 5.69 Å². The lowest BCUT2D eigenvalue weighted by Crippen LogP contribution is -2.06. The van der Waals surface area contributed by atoms with Crippen LogP contribution in [0, 0.1) is 0 Å². The van der Waals surface area contributed by atoms with Crippen LogP contribution >= 0.6 is 0 Å². The second-order valence-electron chi connectivity index (χ2n) is 4.26. The van der Waals surface area contributed by atoms with Crippen LogP contribution in [-0.4, -0.2) is 17.2 Å². The molecule has 2 rings (SSSR count). The Kier molecular flexibility index (Phi) is 4.39. The molecular formula is C16H14N2O2. The van der Waals surface area contributed by atoms with Gasteiger partial charge >= 0.3 is 0 Å². The Balaban J connectivity index is 2.31. The van der Waals surface area contributed by atoms with Gasteiger partial charge in [-0.3, -0.25) is 14.6 Å². The van der Waals surface area contributed by atoms with Crippen molar-refractivity contribution in [3.63, 3.8) is 0 Å². The van der Waals surface area contributed by atoms with E-state index in [9.17, 15) is 9.59 Å². The molecule has 0 bridgehead atoms. The Morgan fingerprint density at radius 3 is 2.50 bits per heavy atom. The number of rotatable bonds is 4. The van der Waals surface area contributed by atoms with Crippen molar-refractivity contribution < 1.29 is 9.59 Å². The lowest BCUT2D eigenvalue weighted by Gasteiger charge is -2.05. The number of nitrogens with zero attached hydrogens (tertiary/aromatic N) is 1. The second kappa shape index (κ2) is 6.43. The second-order valence-corrected chi connectivity index (χ2v) is 4.26. The summed E-state index contributed by atoms with van der Waals surface area (Å²) >= 11 is 0. The number of hydrogen-bond acceptors (Lipinski definition) is 3. The van der Waals surface area contributed by atoms with Crippen molar-refractivity contribution in [3.8, 4) is 0 Å². The standard InChI is InChI=1S/C16H14N2O2/c1-12(20)18-16-5-4-15(11-19)14(10-16)3-2-13-6-8-17-9-7-13/h2-11H,1H3,(H,18,20)/b3-2+.